The lowest BCUT2D eigenvalue weighted by Crippen LogP contribution is -2.36. The second-order valence-electron chi connectivity index (χ2n) is 5.37. The van der Waals surface area contributed by atoms with Crippen LogP contribution in [0.15, 0.2) is 58.4 Å². The molecule has 0 amide bonds. The van der Waals surface area contributed by atoms with Gasteiger partial charge in [0.05, 0.1) is 11.4 Å². The second kappa shape index (κ2) is 8.84. The summed E-state index contributed by atoms with van der Waals surface area (Å²) in [6.07, 6.45) is 0. The highest BCUT2D eigenvalue weighted by Crippen LogP contribution is 2.11. The van der Waals surface area contributed by atoms with Gasteiger partial charge in [-0.05, 0) is 42.3 Å². The Kier molecular flexibility index (Phi) is 6.81. The molecule has 2 aromatic carbocycles. The van der Waals surface area contributed by atoms with Crippen molar-refractivity contribution >= 4 is 27.6 Å². The van der Waals surface area contributed by atoms with Crippen molar-refractivity contribution in [1.29, 1.82) is 0 Å². The fourth-order valence-corrected chi connectivity index (χ4v) is 2.86. The summed E-state index contributed by atoms with van der Waals surface area (Å²) >= 11 is 5.98. The molecule has 0 fully saturated rings. The molecule has 2 aromatic rings. The van der Waals surface area contributed by atoms with Gasteiger partial charge in [0.15, 0.2) is 5.96 Å². The Bertz CT molecular complexity index is 836. The smallest absolute Gasteiger partial charge is 0.238 e. The Morgan fingerprint density at radius 3 is 2.44 bits per heavy atom. The van der Waals surface area contributed by atoms with E-state index in [-0.39, 0.29) is 4.90 Å². The molecule has 0 aliphatic rings. The first kappa shape index (κ1) is 19.2. The molecule has 4 N–H and O–H groups in total. The van der Waals surface area contributed by atoms with Crippen LogP contribution >= 0.6 is 11.6 Å². The summed E-state index contributed by atoms with van der Waals surface area (Å²) in [5.41, 5.74) is 1.93. The van der Waals surface area contributed by atoms with Crippen LogP contribution in [0.2, 0.25) is 5.02 Å². The average molecular weight is 381 g/mol. The molecule has 0 atom stereocenters. The van der Waals surface area contributed by atoms with E-state index in [2.05, 4.69) is 15.6 Å². The van der Waals surface area contributed by atoms with Crippen LogP contribution in [-0.4, -0.2) is 20.9 Å². The highest BCUT2D eigenvalue weighted by molar-refractivity contribution is 7.89. The minimum absolute atomic E-state index is 0.0952. The summed E-state index contributed by atoms with van der Waals surface area (Å²) in [5.74, 6) is 0.665. The number of benzene rings is 2. The van der Waals surface area contributed by atoms with Crippen molar-refractivity contribution in [2.24, 2.45) is 10.1 Å². The maximum absolute atomic E-state index is 11.3. The number of guanidine groups is 1. The van der Waals surface area contributed by atoms with Gasteiger partial charge in [0.2, 0.25) is 10.0 Å². The molecular weight excluding hydrogens is 360 g/mol. The summed E-state index contributed by atoms with van der Waals surface area (Å²) in [6, 6.07) is 14.0. The molecule has 0 bridgehead atoms. The molecule has 0 unspecified atom stereocenters. The number of primary sulfonamides is 1. The molecule has 8 heteroatoms. The van der Waals surface area contributed by atoms with Crippen LogP contribution in [0.5, 0.6) is 0 Å². The van der Waals surface area contributed by atoms with E-state index in [4.69, 9.17) is 16.7 Å². The zero-order chi connectivity index (χ0) is 18.3. The summed E-state index contributed by atoms with van der Waals surface area (Å²) in [5, 5.41) is 12.1. The van der Waals surface area contributed by atoms with Gasteiger partial charge >= 0.3 is 0 Å². The second-order valence-corrected chi connectivity index (χ2v) is 7.37. The third kappa shape index (κ3) is 6.38. The van der Waals surface area contributed by atoms with Crippen LogP contribution < -0.4 is 15.8 Å². The van der Waals surface area contributed by atoms with Crippen LogP contribution in [-0.2, 0) is 23.1 Å². The highest BCUT2D eigenvalue weighted by atomic mass is 35.5. The number of halogens is 1. The maximum Gasteiger partial charge on any atom is 0.238 e. The monoisotopic (exact) mass is 380 g/mol. The lowest BCUT2D eigenvalue weighted by atomic mass is 10.2. The van der Waals surface area contributed by atoms with Gasteiger partial charge in [0.25, 0.3) is 0 Å². The number of nitrogens with one attached hydrogen (secondary N) is 2. The molecule has 134 valence electrons. The number of aliphatic imine (C=N–C) groups is 1. The van der Waals surface area contributed by atoms with E-state index in [0.29, 0.717) is 24.1 Å². The lowest BCUT2D eigenvalue weighted by molar-refractivity contribution is 0.597. The van der Waals surface area contributed by atoms with Gasteiger partial charge in [-0.15, -0.1) is 0 Å². The van der Waals surface area contributed by atoms with Crippen molar-refractivity contribution in [3.63, 3.8) is 0 Å². The molecule has 0 aromatic heterocycles. The SMILES string of the molecule is CCNC(=NCc1cccc(Cl)c1)NCc1ccc(S(N)(=O)=O)cc1. The zero-order valence-electron chi connectivity index (χ0n) is 13.9. The van der Waals surface area contributed by atoms with E-state index < -0.39 is 10.0 Å². The topological polar surface area (TPSA) is 96.6 Å². The van der Waals surface area contributed by atoms with Crippen molar-refractivity contribution in [2.45, 2.75) is 24.9 Å². The summed E-state index contributed by atoms with van der Waals surface area (Å²) in [6.45, 7) is 3.72. The molecule has 0 aliphatic carbocycles. The predicted molar refractivity (Wildman–Crippen MR) is 101 cm³/mol. The average Bonchev–Trinajstić information content (AvgIpc) is 2.57. The van der Waals surface area contributed by atoms with Crippen LogP contribution in [0.1, 0.15) is 18.1 Å². The zero-order valence-corrected chi connectivity index (χ0v) is 15.4. The molecule has 6 nitrogen and oxygen atoms in total. The first-order chi connectivity index (χ1) is 11.9. The van der Waals surface area contributed by atoms with Crippen molar-refractivity contribution in [3.05, 3.63) is 64.7 Å². The number of hydrogen-bond donors (Lipinski definition) is 3. The van der Waals surface area contributed by atoms with Gasteiger partial charge < -0.3 is 10.6 Å². The van der Waals surface area contributed by atoms with Gasteiger partial charge in [-0.3, -0.25) is 0 Å². The Morgan fingerprint density at radius 2 is 1.84 bits per heavy atom. The molecule has 0 saturated carbocycles. The normalized spacial score (nSPS) is 12.0. The van der Waals surface area contributed by atoms with E-state index in [1.807, 2.05) is 31.2 Å². The summed E-state index contributed by atoms with van der Waals surface area (Å²) in [4.78, 5) is 4.61. The quantitative estimate of drug-likeness (QED) is 0.529. The molecule has 0 heterocycles. The summed E-state index contributed by atoms with van der Waals surface area (Å²) < 4.78 is 22.5. The molecule has 0 radical (unpaired) electrons. The van der Waals surface area contributed by atoms with E-state index >= 15 is 0 Å². The van der Waals surface area contributed by atoms with Crippen LogP contribution in [0.25, 0.3) is 0 Å². The maximum atomic E-state index is 11.3. The molecular formula is C17H21ClN4O2S. The fraction of sp³-hybridized carbons (Fsp3) is 0.235. The Morgan fingerprint density at radius 1 is 1.12 bits per heavy atom. The first-order valence-corrected chi connectivity index (χ1v) is 9.69. The Labute approximate surface area is 153 Å². The Balaban J connectivity index is 2.00. The highest BCUT2D eigenvalue weighted by Gasteiger charge is 2.07. The third-order valence-corrected chi connectivity index (χ3v) is 4.53. The van der Waals surface area contributed by atoms with E-state index in [0.717, 1.165) is 17.7 Å². The van der Waals surface area contributed by atoms with Crippen LogP contribution in [0.3, 0.4) is 0 Å². The predicted octanol–water partition coefficient (Wildman–Crippen LogP) is 2.24. The molecule has 0 saturated heterocycles. The largest absolute Gasteiger partial charge is 0.357 e. The number of nitrogens with two attached hydrogens (primary N) is 1. The van der Waals surface area contributed by atoms with E-state index in [1.165, 1.54) is 12.1 Å². The number of hydrogen-bond acceptors (Lipinski definition) is 3. The number of nitrogens with zero attached hydrogens (tertiary/aromatic N) is 1. The Hall–Kier alpha value is -2.09. The van der Waals surface area contributed by atoms with Crippen LogP contribution in [0, 0.1) is 0 Å². The molecule has 25 heavy (non-hydrogen) atoms. The first-order valence-electron chi connectivity index (χ1n) is 7.77. The van der Waals surface area contributed by atoms with Gasteiger partial charge in [0.1, 0.15) is 0 Å². The van der Waals surface area contributed by atoms with E-state index in [1.54, 1.807) is 12.1 Å². The minimum Gasteiger partial charge on any atom is -0.357 e. The lowest BCUT2D eigenvalue weighted by Gasteiger charge is -2.11. The van der Waals surface area contributed by atoms with Gasteiger partial charge in [-0.1, -0.05) is 35.9 Å². The third-order valence-electron chi connectivity index (χ3n) is 3.36. The molecule has 2 rings (SSSR count). The van der Waals surface area contributed by atoms with Crippen LogP contribution in [0.4, 0.5) is 0 Å². The summed E-state index contributed by atoms with van der Waals surface area (Å²) in [7, 11) is -3.67. The number of rotatable bonds is 6. The standard InChI is InChI=1S/C17H21ClN4O2S/c1-2-20-17(22-12-14-4-3-5-15(18)10-14)21-11-13-6-8-16(9-7-13)25(19,23)24/h3-10H,2,11-12H2,1H3,(H2,19,23,24)(H2,20,21,22). The van der Waals surface area contributed by atoms with Crippen molar-refractivity contribution in [3.8, 4) is 0 Å². The van der Waals surface area contributed by atoms with E-state index in [9.17, 15) is 8.42 Å². The van der Waals surface area contributed by atoms with Gasteiger partial charge in [-0.2, -0.15) is 0 Å². The van der Waals surface area contributed by atoms with Crippen molar-refractivity contribution in [1.82, 2.24) is 10.6 Å². The minimum atomic E-state index is -3.67. The fourth-order valence-electron chi connectivity index (χ4n) is 2.13. The molecule has 0 spiro atoms. The van der Waals surface area contributed by atoms with Crippen molar-refractivity contribution < 1.29 is 8.42 Å². The van der Waals surface area contributed by atoms with Gasteiger partial charge in [-0.25, -0.2) is 18.5 Å². The van der Waals surface area contributed by atoms with Crippen molar-refractivity contribution in [2.75, 3.05) is 6.54 Å². The number of sulfonamides is 1. The molecule has 0 aliphatic heterocycles. The van der Waals surface area contributed by atoms with Gasteiger partial charge in [0, 0.05) is 18.1 Å².